The summed E-state index contributed by atoms with van der Waals surface area (Å²) in [4.78, 5) is 15.7. The molecule has 1 aliphatic carbocycles. The van der Waals surface area contributed by atoms with Crippen molar-refractivity contribution in [3.8, 4) is 0 Å². The fourth-order valence-corrected chi connectivity index (χ4v) is 2.59. The molecule has 0 spiro atoms. The zero-order valence-corrected chi connectivity index (χ0v) is 12.3. The number of hydrogen-bond donors (Lipinski definition) is 0. The van der Waals surface area contributed by atoms with E-state index in [1.807, 2.05) is 0 Å². The maximum Gasteiger partial charge on any atom is 0.315 e. The van der Waals surface area contributed by atoms with Crippen LogP contribution >= 0.6 is 0 Å². The lowest BCUT2D eigenvalue weighted by molar-refractivity contribution is -0.142. The van der Waals surface area contributed by atoms with Crippen molar-refractivity contribution < 1.29 is 18.8 Å². The van der Waals surface area contributed by atoms with Gasteiger partial charge in [-0.2, -0.15) is 4.98 Å². The molecule has 0 amide bonds. The summed E-state index contributed by atoms with van der Waals surface area (Å²) in [6.45, 7) is 4.35. The van der Waals surface area contributed by atoms with Crippen molar-refractivity contribution in [2.75, 3.05) is 13.7 Å². The normalized spacial score (nSPS) is 26.4. The Morgan fingerprint density at radius 1 is 1.45 bits per heavy atom. The summed E-state index contributed by atoms with van der Waals surface area (Å²) < 4.78 is 15.7. The highest BCUT2D eigenvalue weighted by Gasteiger charge is 2.40. The minimum atomic E-state index is -0.469. The van der Waals surface area contributed by atoms with Crippen LogP contribution in [0.2, 0.25) is 0 Å². The summed E-state index contributed by atoms with van der Waals surface area (Å²) in [6.07, 6.45) is 3.92. The van der Waals surface area contributed by atoms with Crippen LogP contribution in [-0.4, -0.2) is 29.8 Å². The average molecular weight is 282 g/mol. The zero-order valence-electron chi connectivity index (χ0n) is 12.3. The Labute approximate surface area is 118 Å². The predicted molar refractivity (Wildman–Crippen MR) is 71.0 cm³/mol. The van der Waals surface area contributed by atoms with E-state index in [9.17, 15) is 4.79 Å². The third-order valence-electron chi connectivity index (χ3n) is 3.95. The van der Waals surface area contributed by atoms with Crippen molar-refractivity contribution in [1.29, 1.82) is 0 Å². The molecule has 2 rings (SSSR count). The smallest absolute Gasteiger partial charge is 0.315 e. The molecule has 1 aromatic heterocycles. The Morgan fingerprint density at radius 2 is 2.15 bits per heavy atom. The van der Waals surface area contributed by atoms with E-state index in [4.69, 9.17) is 14.0 Å². The van der Waals surface area contributed by atoms with Gasteiger partial charge in [-0.1, -0.05) is 12.1 Å². The van der Waals surface area contributed by atoms with Crippen LogP contribution in [0.5, 0.6) is 0 Å². The molecule has 112 valence electrons. The third-order valence-corrected chi connectivity index (χ3v) is 3.95. The molecule has 1 aliphatic rings. The first-order valence-electron chi connectivity index (χ1n) is 7.13. The van der Waals surface area contributed by atoms with Gasteiger partial charge in [-0.25, -0.2) is 0 Å². The number of nitrogens with zero attached hydrogens (tertiary/aromatic N) is 2. The largest absolute Gasteiger partial charge is 0.466 e. The molecule has 1 heterocycles. The van der Waals surface area contributed by atoms with E-state index in [2.05, 4.69) is 17.1 Å². The number of methoxy groups -OCH3 is 1. The number of aromatic nitrogens is 2. The van der Waals surface area contributed by atoms with Gasteiger partial charge in [0.25, 0.3) is 0 Å². The summed E-state index contributed by atoms with van der Waals surface area (Å²) in [5, 5.41) is 4.00. The molecule has 1 fully saturated rings. The number of carbonyl (C=O) groups excluding carboxylic acids is 1. The van der Waals surface area contributed by atoms with Crippen LogP contribution in [0.4, 0.5) is 0 Å². The van der Waals surface area contributed by atoms with Gasteiger partial charge in [0.05, 0.1) is 6.61 Å². The lowest BCUT2D eigenvalue weighted by Crippen LogP contribution is -2.34. The van der Waals surface area contributed by atoms with Crippen LogP contribution in [0.15, 0.2) is 4.52 Å². The maximum atomic E-state index is 11.4. The molecule has 0 N–H and O–H groups in total. The monoisotopic (exact) mass is 282 g/mol. The number of hydrogen-bond acceptors (Lipinski definition) is 6. The minimum absolute atomic E-state index is 0.0109. The number of ether oxygens (including phenoxy) is 2. The number of rotatable bonds is 5. The van der Waals surface area contributed by atoms with Gasteiger partial charge < -0.3 is 14.0 Å². The Kier molecular flexibility index (Phi) is 4.75. The van der Waals surface area contributed by atoms with E-state index < -0.39 is 5.60 Å². The highest BCUT2D eigenvalue weighted by Crippen LogP contribution is 2.40. The molecule has 0 unspecified atom stereocenters. The van der Waals surface area contributed by atoms with Crippen LogP contribution in [-0.2, 0) is 26.3 Å². The SMILES string of the molecule is CCOC(=O)Cc1nc(C2(OC)CCC(C)CC2)no1. The predicted octanol–water partition coefficient (Wildman–Crippen LogP) is 2.23. The van der Waals surface area contributed by atoms with Crippen molar-refractivity contribution >= 4 is 5.97 Å². The van der Waals surface area contributed by atoms with Gasteiger partial charge in [0.1, 0.15) is 12.0 Å². The van der Waals surface area contributed by atoms with Crippen LogP contribution < -0.4 is 0 Å². The average Bonchev–Trinajstić information content (AvgIpc) is 2.89. The topological polar surface area (TPSA) is 74.5 Å². The molecule has 0 atom stereocenters. The van der Waals surface area contributed by atoms with Crippen molar-refractivity contribution in [1.82, 2.24) is 10.1 Å². The summed E-state index contributed by atoms with van der Waals surface area (Å²) in [6, 6.07) is 0. The van der Waals surface area contributed by atoms with Crippen LogP contribution in [0.25, 0.3) is 0 Å². The molecule has 0 aliphatic heterocycles. The highest BCUT2D eigenvalue weighted by molar-refractivity contribution is 5.71. The van der Waals surface area contributed by atoms with Gasteiger partial charge in [-0.3, -0.25) is 4.79 Å². The standard InChI is InChI=1S/C14H22N2O4/c1-4-19-12(17)9-11-15-13(16-20-11)14(18-3)7-5-10(2)6-8-14/h10H,4-9H2,1-3H3. The van der Waals surface area contributed by atoms with Gasteiger partial charge in [0, 0.05) is 7.11 Å². The molecule has 0 saturated heterocycles. The Bertz CT molecular complexity index is 450. The van der Waals surface area contributed by atoms with Crippen LogP contribution in [0.1, 0.15) is 51.2 Å². The first-order chi connectivity index (χ1) is 9.59. The van der Waals surface area contributed by atoms with E-state index in [0.29, 0.717) is 18.3 Å². The second-order valence-electron chi connectivity index (χ2n) is 5.37. The molecule has 20 heavy (non-hydrogen) atoms. The van der Waals surface area contributed by atoms with Crippen molar-refractivity contribution in [3.05, 3.63) is 11.7 Å². The fraction of sp³-hybridized carbons (Fsp3) is 0.786. The van der Waals surface area contributed by atoms with Crippen LogP contribution in [0, 0.1) is 5.92 Å². The lowest BCUT2D eigenvalue weighted by atomic mass is 9.79. The number of carbonyl (C=O) groups is 1. The van der Waals surface area contributed by atoms with E-state index >= 15 is 0 Å². The summed E-state index contributed by atoms with van der Waals surface area (Å²) >= 11 is 0. The molecule has 6 heteroatoms. The van der Waals surface area contributed by atoms with Crippen molar-refractivity contribution in [2.24, 2.45) is 5.92 Å². The Hall–Kier alpha value is -1.43. The summed E-state index contributed by atoms with van der Waals surface area (Å²) in [7, 11) is 1.68. The second kappa shape index (κ2) is 6.35. The summed E-state index contributed by atoms with van der Waals surface area (Å²) in [5.74, 6) is 1.18. The highest BCUT2D eigenvalue weighted by atomic mass is 16.5. The Morgan fingerprint density at radius 3 is 2.75 bits per heavy atom. The molecular formula is C14H22N2O4. The van der Waals surface area contributed by atoms with E-state index in [1.165, 1.54) is 0 Å². The Balaban J connectivity index is 2.08. The molecule has 0 radical (unpaired) electrons. The first-order valence-corrected chi connectivity index (χ1v) is 7.13. The maximum absolute atomic E-state index is 11.4. The summed E-state index contributed by atoms with van der Waals surface area (Å²) in [5.41, 5.74) is -0.469. The van der Waals surface area contributed by atoms with Gasteiger partial charge in [0.2, 0.25) is 11.7 Å². The van der Waals surface area contributed by atoms with Crippen LogP contribution in [0.3, 0.4) is 0 Å². The third kappa shape index (κ3) is 3.17. The molecule has 0 bridgehead atoms. The second-order valence-corrected chi connectivity index (χ2v) is 5.37. The van der Waals surface area contributed by atoms with Gasteiger partial charge >= 0.3 is 5.97 Å². The quantitative estimate of drug-likeness (QED) is 0.771. The molecule has 1 saturated carbocycles. The molecule has 1 aromatic rings. The molecule has 0 aromatic carbocycles. The zero-order chi connectivity index (χ0) is 14.6. The van der Waals surface area contributed by atoms with Gasteiger partial charge in [-0.05, 0) is 38.5 Å². The first kappa shape index (κ1) is 15.0. The van der Waals surface area contributed by atoms with Gasteiger partial charge in [0.15, 0.2) is 0 Å². The number of esters is 1. The van der Waals surface area contributed by atoms with Crippen molar-refractivity contribution in [2.45, 2.75) is 51.6 Å². The molecular weight excluding hydrogens is 260 g/mol. The fourth-order valence-electron chi connectivity index (χ4n) is 2.59. The van der Waals surface area contributed by atoms with E-state index in [0.717, 1.165) is 25.7 Å². The van der Waals surface area contributed by atoms with E-state index in [1.54, 1.807) is 14.0 Å². The van der Waals surface area contributed by atoms with E-state index in [-0.39, 0.29) is 18.3 Å². The van der Waals surface area contributed by atoms with Gasteiger partial charge in [-0.15, -0.1) is 0 Å². The lowest BCUT2D eigenvalue weighted by Gasteiger charge is -2.35. The molecule has 6 nitrogen and oxygen atoms in total. The van der Waals surface area contributed by atoms with Crippen molar-refractivity contribution in [3.63, 3.8) is 0 Å². The minimum Gasteiger partial charge on any atom is -0.466 e.